The molecule has 2 atom stereocenters. The molecule has 0 spiro atoms. The molecule has 1 saturated heterocycles. The molecule has 1 N–H and O–H groups in total. The standard InChI is InChI=1S/C14H23BNO/c1-10-4-3-5-12(6-11(10)2)7-16-8-13(9-16)14(15)17/h6,10,12-13,17H,3-5,7-9H2,1-2H3/t10-,12+/m1/s1. The Hall–Kier alpha value is -0.565. The Bertz CT molecular complexity index is 320. The summed E-state index contributed by atoms with van der Waals surface area (Å²) in [6.07, 6.45) is 6.45. The third kappa shape index (κ3) is 3.22. The van der Waals surface area contributed by atoms with Gasteiger partial charge >= 0.3 is 105 Å². The van der Waals surface area contributed by atoms with Crippen LogP contribution in [0.1, 0.15) is 33.1 Å². The molecule has 0 saturated carbocycles. The first-order valence-electron chi connectivity index (χ1n) is 6.78. The number of aliphatic hydroxyl groups excluding tert-OH is 1. The normalized spacial score (nSPS) is 31.5. The first-order chi connectivity index (χ1) is 8.06. The molecular formula is C14H23BNO. The Morgan fingerprint density at radius 3 is 2.82 bits per heavy atom. The molecule has 0 bridgehead atoms. The molecule has 3 heteroatoms. The molecule has 2 nitrogen and oxygen atoms in total. The second kappa shape index (κ2) is 5.39. The maximum absolute atomic E-state index is 9.17. The average molecular weight is 232 g/mol. The van der Waals surface area contributed by atoms with Crippen molar-refractivity contribution in [3.63, 3.8) is 0 Å². The van der Waals surface area contributed by atoms with Crippen LogP contribution in [0, 0.1) is 17.8 Å². The Kier molecular flexibility index (Phi) is 4.08. The van der Waals surface area contributed by atoms with Crippen LogP contribution in [0.2, 0.25) is 0 Å². The summed E-state index contributed by atoms with van der Waals surface area (Å²) in [7, 11) is 5.39. The van der Waals surface area contributed by atoms with Crippen molar-refractivity contribution in [2.45, 2.75) is 33.1 Å². The van der Waals surface area contributed by atoms with Crippen LogP contribution in [0.15, 0.2) is 11.6 Å². The van der Waals surface area contributed by atoms with Gasteiger partial charge in [-0.2, -0.15) is 0 Å². The van der Waals surface area contributed by atoms with E-state index in [9.17, 15) is 5.11 Å². The molecule has 1 fully saturated rings. The van der Waals surface area contributed by atoms with Crippen LogP contribution in [0.25, 0.3) is 0 Å². The molecule has 0 aromatic carbocycles. The van der Waals surface area contributed by atoms with Gasteiger partial charge in [-0.05, 0) is 0 Å². The van der Waals surface area contributed by atoms with Crippen LogP contribution in [0.4, 0.5) is 0 Å². The fourth-order valence-electron chi connectivity index (χ4n) is 2.91. The molecule has 2 rings (SSSR count). The summed E-state index contributed by atoms with van der Waals surface area (Å²) in [5.41, 5.74) is 1.67. The van der Waals surface area contributed by atoms with E-state index in [1.165, 1.54) is 19.3 Å². The minimum absolute atomic E-state index is 0.113. The number of rotatable bonds is 3. The molecule has 1 radical (unpaired) electrons. The minimum atomic E-state index is 0.113. The zero-order valence-corrected chi connectivity index (χ0v) is 11.0. The Balaban J connectivity index is 1.82. The number of nitrogens with zero attached hydrogens (tertiary/aromatic N) is 1. The number of likely N-dealkylation sites (tertiary alicyclic amines) is 1. The van der Waals surface area contributed by atoms with Crippen molar-refractivity contribution in [1.29, 1.82) is 0 Å². The van der Waals surface area contributed by atoms with Gasteiger partial charge in [-0.15, -0.1) is 0 Å². The predicted octanol–water partition coefficient (Wildman–Crippen LogP) is 1.97. The molecule has 1 heterocycles. The quantitative estimate of drug-likeness (QED) is 0.594. The van der Waals surface area contributed by atoms with Gasteiger partial charge in [0.1, 0.15) is 0 Å². The van der Waals surface area contributed by atoms with Gasteiger partial charge in [-0.25, -0.2) is 0 Å². The van der Waals surface area contributed by atoms with Crippen LogP contribution < -0.4 is 0 Å². The van der Waals surface area contributed by atoms with Gasteiger partial charge < -0.3 is 0 Å². The van der Waals surface area contributed by atoms with Crippen molar-refractivity contribution in [1.82, 2.24) is 4.90 Å². The van der Waals surface area contributed by atoms with Gasteiger partial charge in [-0.3, -0.25) is 0 Å². The number of hydrogen-bond acceptors (Lipinski definition) is 2. The zero-order valence-electron chi connectivity index (χ0n) is 11.0. The molecular weight excluding hydrogens is 209 g/mol. The number of hydrogen-bond donors (Lipinski definition) is 1. The van der Waals surface area contributed by atoms with Gasteiger partial charge in [0, 0.05) is 0 Å². The molecule has 0 aromatic rings. The third-order valence-electron chi connectivity index (χ3n) is 4.36. The van der Waals surface area contributed by atoms with Gasteiger partial charge in [0.25, 0.3) is 0 Å². The van der Waals surface area contributed by atoms with E-state index in [1.807, 2.05) is 0 Å². The van der Waals surface area contributed by atoms with Crippen LogP contribution in [0.5, 0.6) is 0 Å². The SMILES string of the molecule is [B]=C(O)C1CN(C[C@@H]2C=C(C)[C@H](C)CCC2)C1. The summed E-state index contributed by atoms with van der Waals surface area (Å²) in [5.74, 6) is 1.66. The van der Waals surface area contributed by atoms with Gasteiger partial charge in [0.2, 0.25) is 0 Å². The van der Waals surface area contributed by atoms with Crippen molar-refractivity contribution in [2.24, 2.45) is 17.8 Å². The molecule has 0 amide bonds. The van der Waals surface area contributed by atoms with E-state index in [0.717, 1.165) is 25.6 Å². The molecule has 0 aromatic heterocycles. The summed E-state index contributed by atoms with van der Waals surface area (Å²) in [4.78, 5) is 2.40. The topological polar surface area (TPSA) is 23.5 Å². The van der Waals surface area contributed by atoms with Gasteiger partial charge in [0.05, 0.1) is 0 Å². The molecule has 1 aliphatic carbocycles. The summed E-state index contributed by atoms with van der Waals surface area (Å²) >= 11 is 0. The van der Waals surface area contributed by atoms with E-state index in [4.69, 9.17) is 7.49 Å². The van der Waals surface area contributed by atoms with Crippen LogP contribution in [0.3, 0.4) is 0 Å². The predicted molar refractivity (Wildman–Crippen MR) is 72.9 cm³/mol. The summed E-state index contributed by atoms with van der Waals surface area (Å²) in [5, 5.41) is 9.17. The fourth-order valence-corrected chi connectivity index (χ4v) is 2.91. The van der Waals surface area contributed by atoms with Crippen LogP contribution in [-0.4, -0.2) is 42.8 Å². The van der Waals surface area contributed by atoms with E-state index in [0.29, 0.717) is 5.92 Å². The van der Waals surface area contributed by atoms with Crippen molar-refractivity contribution in [3.8, 4) is 0 Å². The van der Waals surface area contributed by atoms with Crippen molar-refractivity contribution in [3.05, 3.63) is 11.6 Å². The van der Waals surface area contributed by atoms with Crippen molar-refractivity contribution in [2.75, 3.05) is 19.6 Å². The Labute approximate surface area is 106 Å². The monoisotopic (exact) mass is 232 g/mol. The second-order valence-electron chi connectivity index (χ2n) is 5.84. The molecule has 2 aliphatic rings. The molecule has 1 aliphatic heterocycles. The zero-order chi connectivity index (χ0) is 12.4. The second-order valence-corrected chi connectivity index (χ2v) is 5.84. The Morgan fingerprint density at radius 2 is 2.18 bits per heavy atom. The third-order valence-corrected chi connectivity index (χ3v) is 4.36. The summed E-state index contributed by atoms with van der Waals surface area (Å²) in [6.45, 7) is 7.59. The first kappa shape index (κ1) is 12.9. The summed E-state index contributed by atoms with van der Waals surface area (Å²) < 4.78 is 0. The van der Waals surface area contributed by atoms with Crippen LogP contribution >= 0.6 is 0 Å². The maximum atomic E-state index is 9.17. The summed E-state index contributed by atoms with van der Waals surface area (Å²) in [6, 6.07) is 0. The molecule has 17 heavy (non-hydrogen) atoms. The molecule has 0 unspecified atom stereocenters. The van der Waals surface area contributed by atoms with Crippen molar-refractivity contribution >= 4 is 13.1 Å². The van der Waals surface area contributed by atoms with Gasteiger partial charge in [0.15, 0.2) is 0 Å². The number of allylic oxidation sites excluding steroid dienone is 1. The number of aliphatic hydroxyl groups is 1. The van der Waals surface area contributed by atoms with E-state index >= 15 is 0 Å². The van der Waals surface area contributed by atoms with E-state index in [2.05, 4.69) is 24.8 Å². The van der Waals surface area contributed by atoms with Crippen molar-refractivity contribution < 1.29 is 5.11 Å². The first-order valence-corrected chi connectivity index (χ1v) is 6.78. The average Bonchev–Trinajstić information content (AvgIpc) is 2.34. The van der Waals surface area contributed by atoms with E-state index in [-0.39, 0.29) is 11.6 Å². The van der Waals surface area contributed by atoms with Crippen LogP contribution in [-0.2, 0) is 0 Å². The Morgan fingerprint density at radius 1 is 1.47 bits per heavy atom. The van der Waals surface area contributed by atoms with E-state index < -0.39 is 0 Å². The van der Waals surface area contributed by atoms with E-state index in [1.54, 1.807) is 5.57 Å². The fraction of sp³-hybridized carbons (Fsp3) is 0.786. The molecule has 93 valence electrons. The van der Waals surface area contributed by atoms with Gasteiger partial charge in [-0.1, -0.05) is 0 Å².